The lowest BCUT2D eigenvalue weighted by atomic mass is 10.0. The maximum atomic E-state index is 12.6. The van der Waals surface area contributed by atoms with E-state index in [4.69, 9.17) is 10.5 Å². The third kappa shape index (κ3) is 30.5. The van der Waals surface area contributed by atoms with Gasteiger partial charge >= 0.3 is 11.9 Å². The molecule has 0 aliphatic carbocycles. The summed E-state index contributed by atoms with van der Waals surface area (Å²) in [4.78, 5) is 36.1. The predicted octanol–water partition coefficient (Wildman–Crippen LogP) is 10.1. The zero-order valence-corrected chi connectivity index (χ0v) is 29.9. The molecule has 0 heterocycles. The van der Waals surface area contributed by atoms with Gasteiger partial charge in [-0.25, -0.2) is 4.79 Å². The highest BCUT2D eigenvalue weighted by Gasteiger charge is 2.19. The predicted molar refractivity (Wildman–Crippen MR) is 193 cm³/mol. The fraction of sp³-hybridized carbons (Fsp3) is 0.821. The van der Waals surface area contributed by atoms with Crippen LogP contribution in [0.1, 0.15) is 187 Å². The number of carbonyl (C=O) groups excluding carboxylic acids is 2. The van der Waals surface area contributed by atoms with Crippen LogP contribution in [-0.2, 0) is 19.1 Å². The molecule has 0 radical (unpaired) electrons. The van der Waals surface area contributed by atoms with Gasteiger partial charge in [-0.2, -0.15) is 0 Å². The summed E-state index contributed by atoms with van der Waals surface area (Å²) in [5.41, 5.74) is 5.46. The van der Waals surface area contributed by atoms with E-state index >= 15 is 0 Å². The molecular weight excluding hydrogens is 576 g/mol. The lowest BCUT2D eigenvalue weighted by Crippen LogP contribution is -2.40. The van der Waals surface area contributed by atoms with E-state index in [1.807, 2.05) is 6.08 Å². The molecule has 0 spiro atoms. The highest BCUT2D eigenvalue weighted by atomic mass is 16.5. The molecule has 0 aromatic carbocycles. The summed E-state index contributed by atoms with van der Waals surface area (Å²) in [6.45, 7) is 4.84. The van der Waals surface area contributed by atoms with Gasteiger partial charge in [-0.1, -0.05) is 141 Å². The highest BCUT2D eigenvalue weighted by molar-refractivity contribution is 5.83. The van der Waals surface area contributed by atoms with Gasteiger partial charge in [-0.05, 0) is 64.0 Å². The Bertz CT molecular complexity index is 782. The molecule has 0 aromatic rings. The molecule has 1 amide bonds. The van der Waals surface area contributed by atoms with E-state index in [1.54, 1.807) is 0 Å². The first-order valence-corrected chi connectivity index (χ1v) is 19.2. The number of nitrogens with two attached hydrogens (primary N) is 1. The van der Waals surface area contributed by atoms with Crippen molar-refractivity contribution in [2.75, 3.05) is 6.54 Å². The van der Waals surface area contributed by atoms with Gasteiger partial charge in [-0.15, -0.1) is 0 Å². The molecule has 2 atom stereocenters. The van der Waals surface area contributed by atoms with Crippen molar-refractivity contribution in [3.63, 3.8) is 0 Å². The number of hydrogen-bond acceptors (Lipinski definition) is 5. The second kappa shape index (κ2) is 34.2. The van der Waals surface area contributed by atoms with E-state index in [1.165, 1.54) is 83.5 Å². The van der Waals surface area contributed by atoms with E-state index < -0.39 is 12.0 Å². The first-order valence-electron chi connectivity index (χ1n) is 19.2. The summed E-state index contributed by atoms with van der Waals surface area (Å²) in [5, 5.41) is 11.9. The van der Waals surface area contributed by atoms with Crippen LogP contribution in [0.25, 0.3) is 0 Å². The van der Waals surface area contributed by atoms with E-state index in [9.17, 15) is 19.5 Å². The van der Waals surface area contributed by atoms with E-state index in [2.05, 4.69) is 37.4 Å². The molecule has 0 aliphatic heterocycles. The number of nitrogens with one attached hydrogen (secondary N) is 1. The van der Waals surface area contributed by atoms with Gasteiger partial charge in [0.1, 0.15) is 12.1 Å². The molecule has 268 valence electrons. The van der Waals surface area contributed by atoms with Crippen LogP contribution < -0.4 is 11.1 Å². The second-order valence-electron chi connectivity index (χ2n) is 13.0. The lowest BCUT2D eigenvalue weighted by molar-refractivity contribution is -0.147. The Kier molecular flexibility index (Phi) is 32.6. The maximum absolute atomic E-state index is 12.6. The van der Waals surface area contributed by atoms with E-state index in [0.717, 1.165) is 57.8 Å². The van der Waals surface area contributed by atoms with Crippen molar-refractivity contribution in [3.05, 3.63) is 24.3 Å². The number of amides is 1. The molecule has 0 rings (SSSR count). The summed E-state index contributed by atoms with van der Waals surface area (Å²) in [6.07, 6.45) is 36.8. The molecular formula is C39H72N2O5. The zero-order chi connectivity index (χ0) is 33.9. The van der Waals surface area contributed by atoms with Crippen molar-refractivity contribution in [2.24, 2.45) is 5.73 Å². The Labute approximate surface area is 283 Å². The summed E-state index contributed by atoms with van der Waals surface area (Å²) >= 11 is 0. The molecule has 0 fully saturated rings. The first kappa shape index (κ1) is 43.9. The van der Waals surface area contributed by atoms with Crippen molar-refractivity contribution in [1.29, 1.82) is 0 Å². The van der Waals surface area contributed by atoms with E-state index in [0.29, 0.717) is 38.6 Å². The Hall–Kier alpha value is -2.15. The minimum atomic E-state index is -1.02. The molecule has 0 aliphatic rings. The van der Waals surface area contributed by atoms with Crippen molar-refractivity contribution in [3.8, 4) is 0 Å². The van der Waals surface area contributed by atoms with Crippen molar-refractivity contribution >= 4 is 17.8 Å². The molecule has 0 bridgehead atoms. The minimum Gasteiger partial charge on any atom is -0.480 e. The number of rotatable bonds is 34. The SMILES string of the molecule is CCC/C=C\C/C=C\C(CCCCCCC(=O)NC(CCCN)C(=O)O)OC(=O)CCCCCCCCCCCCCCCCC. The molecule has 4 N–H and O–H groups in total. The van der Waals surface area contributed by atoms with Crippen molar-refractivity contribution in [1.82, 2.24) is 5.32 Å². The van der Waals surface area contributed by atoms with Crippen LogP contribution in [0.15, 0.2) is 24.3 Å². The lowest BCUT2D eigenvalue weighted by Gasteiger charge is -2.15. The largest absolute Gasteiger partial charge is 0.480 e. The zero-order valence-electron chi connectivity index (χ0n) is 29.9. The molecule has 7 nitrogen and oxygen atoms in total. The van der Waals surface area contributed by atoms with Gasteiger partial charge in [0.15, 0.2) is 0 Å². The van der Waals surface area contributed by atoms with Gasteiger partial charge < -0.3 is 20.9 Å². The normalized spacial score (nSPS) is 12.9. The quantitative estimate of drug-likeness (QED) is 0.0363. The molecule has 46 heavy (non-hydrogen) atoms. The smallest absolute Gasteiger partial charge is 0.326 e. The van der Waals surface area contributed by atoms with Gasteiger partial charge in [0.2, 0.25) is 5.91 Å². The number of carboxylic acids is 1. The molecule has 0 saturated heterocycles. The maximum Gasteiger partial charge on any atom is 0.326 e. The van der Waals surface area contributed by atoms with Gasteiger partial charge in [0, 0.05) is 12.8 Å². The van der Waals surface area contributed by atoms with Crippen LogP contribution in [-0.4, -0.2) is 41.6 Å². The summed E-state index contributed by atoms with van der Waals surface area (Å²) in [7, 11) is 0. The van der Waals surface area contributed by atoms with Crippen molar-refractivity contribution < 1.29 is 24.2 Å². The summed E-state index contributed by atoms with van der Waals surface area (Å²) < 4.78 is 5.86. The Morgan fingerprint density at radius 1 is 0.652 bits per heavy atom. The van der Waals surface area contributed by atoms with Gasteiger partial charge in [-0.3, -0.25) is 9.59 Å². The third-order valence-corrected chi connectivity index (χ3v) is 8.48. The van der Waals surface area contributed by atoms with Crippen LogP contribution in [0.5, 0.6) is 0 Å². The number of aliphatic carboxylic acids is 1. The Balaban J connectivity index is 4.19. The molecule has 2 unspecified atom stereocenters. The Morgan fingerprint density at radius 2 is 1.20 bits per heavy atom. The number of allylic oxidation sites excluding steroid dienone is 3. The fourth-order valence-electron chi connectivity index (χ4n) is 5.58. The molecule has 0 aromatic heterocycles. The van der Waals surface area contributed by atoms with Crippen LogP contribution in [0.4, 0.5) is 0 Å². The average Bonchev–Trinajstić information content (AvgIpc) is 3.04. The van der Waals surface area contributed by atoms with Crippen LogP contribution in [0.3, 0.4) is 0 Å². The van der Waals surface area contributed by atoms with E-state index in [-0.39, 0.29) is 18.0 Å². The number of carboxylic acid groups (broad SMARTS) is 1. The van der Waals surface area contributed by atoms with Crippen LogP contribution in [0, 0.1) is 0 Å². The molecule has 0 saturated carbocycles. The Morgan fingerprint density at radius 3 is 1.74 bits per heavy atom. The number of ether oxygens (including phenoxy) is 1. The topological polar surface area (TPSA) is 119 Å². The summed E-state index contributed by atoms with van der Waals surface area (Å²) in [6, 6.07) is -0.871. The second-order valence-corrected chi connectivity index (χ2v) is 13.0. The standard InChI is InChI=1S/C39H72N2O5/c1-3-5-7-9-11-12-13-14-15-16-17-18-19-21-27-33-38(43)46-35(29-24-20-10-8-6-4-2)30-25-22-23-26-32-37(42)41-36(39(44)45)31-28-34-40/h8,10,24,29,35-36H,3-7,9,11-23,25-28,30-34,40H2,1-2H3,(H,41,42)(H,44,45)/b10-8-,29-24-. The van der Waals surface area contributed by atoms with Gasteiger partial charge in [0.25, 0.3) is 0 Å². The monoisotopic (exact) mass is 649 g/mol. The fourth-order valence-corrected chi connectivity index (χ4v) is 5.58. The molecule has 7 heteroatoms. The van der Waals surface area contributed by atoms with Crippen LogP contribution in [0.2, 0.25) is 0 Å². The minimum absolute atomic E-state index is 0.106. The van der Waals surface area contributed by atoms with Crippen molar-refractivity contribution in [2.45, 2.75) is 199 Å². The average molecular weight is 649 g/mol. The third-order valence-electron chi connectivity index (χ3n) is 8.48. The number of carbonyl (C=O) groups is 3. The van der Waals surface area contributed by atoms with Gasteiger partial charge in [0.05, 0.1) is 0 Å². The number of unbranched alkanes of at least 4 members (excludes halogenated alkanes) is 18. The van der Waals surface area contributed by atoms with Crippen LogP contribution >= 0.6 is 0 Å². The number of esters is 1. The highest BCUT2D eigenvalue weighted by Crippen LogP contribution is 2.16. The summed E-state index contributed by atoms with van der Waals surface area (Å²) in [5.74, 6) is -1.35. The first-order chi connectivity index (χ1) is 22.4. The number of hydrogen-bond donors (Lipinski definition) is 3.